The smallest absolute Gasteiger partial charge is 0.330 e. The maximum atomic E-state index is 12.3. The van der Waals surface area contributed by atoms with E-state index in [0.717, 1.165) is 6.42 Å². The van der Waals surface area contributed by atoms with Crippen molar-refractivity contribution in [3.63, 3.8) is 0 Å². The number of benzene rings is 1. The third-order valence-corrected chi connectivity index (χ3v) is 10.2. The van der Waals surface area contributed by atoms with E-state index in [1.54, 1.807) is 12.2 Å². The van der Waals surface area contributed by atoms with Gasteiger partial charge in [-0.3, -0.25) is 4.79 Å². The molecule has 4 nitrogen and oxygen atoms in total. The Balaban J connectivity index is 2.74. The second-order valence-electron chi connectivity index (χ2n) is 7.97. The van der Waals surface area contributed by atoms with E-state index in [9.17, 15) is 9.59 Å². The molecule has 1 atom stereocenters. The van der Waals surface area contributed by atoms with Crippen molar-refractivity contribution in [2.45, 2.75) is 51.4 Å². The summed E-state index contributed by atoms with van der Waals surface area (Å²) in [4.78, 5) is 23.5. The van der Waals surface area contributed by atoms with Crippen LogP contribution in [-0.2, 0) is 14.0 Å². The van der Waals surface area contributed by atoms with Crippen molar-refractivity contribution in [3.8, 4) is 0 Å². The third kappa shape index (κ3) is 8.58. The maximum absolute atomic E-state index is 12.3. The first-order valence-electron chi connectivity index (χ1n) is 9.39. The summed E-state index contributed by atoms with van der Waals surface area (Å²) >= 11 is 1.31. The first kappa shape index (κ1) is 24.4. The van der Waals surface area contributed by atoms with E-state index in [1.807, 2.05) is 36.4 Å². The van der Waals surface area contributed by atoms with E-state index in [0.29, 0.717) is 11.3 Å². The Hall–Kier alpha value is -1.63. The minimum Gasteiger partial charge on any atom is -0.466 e. The zero-order valence-electron chi connectivity index (χ0n) is 17.7. The van der Waals surface area contributed by atoms with Gasteiger partial charge in [0.2, 0.25) is 5.12 Å². The van der Waals surface area contributed by atoms with Crippen molar-refractivity contribution in [2.24, 2.45) is 0 Å². The Morgan fingerprint density at radius 1 is 1.14 bits per heavy atom. The molecule has 0 aliphatic carbocycles. The van der Waals surface area contributed by atoms with E-state index in [2.05, 4.69) is 38.6 Å². The average Bonchev–Trinajstić information content (AvgIpc) is 2.64. The van der Waals surface area contributed by atoms with Gasteiger partial charge in [-0.05, 0) is 24.6 Å². The summed E-state index contributed by atoms with van der Waals surface area (Å²) in [7, 11) is -0.611. The Bertz CT molecular complexity index is 690. The van der Waals surface area contributed by atoms with Crippen LogP contribution in [0.3, 0.4) is 0 Å². The Labute approximate surface area is 174 Å². The fourth-order valence-electron chi connectivity index (χ4n) is 2.07. The number of esters is 1. The molecular weight excluding hydrogens is 388 g/mol. The quantitative estimate of drug-likeness (QED) is 0.224. The number of hydrogen-bond acceptors (Lipinski definition) is 5. The Morgan fingerprint density at radius 2 is 1.79 bits per heavy atom. The van der Waals surface area contributed by atoms with Crippen molar-refractivity contribution in [3.05, 3.63) is 60.2 Å². The zero-order valence-corrected chi connectivity index (χ0v) is 19.5. The summed E-state index contributed by atoms with van der Waals surface area (Å²) in [6.45, 7) is 11.0. The van der Waals surface area contributed by atoms with Crippen molar-refractivity contribution < 1.29 is 18.8 Å². The van der Waals surface area contributed by atoms with Gasteiger partial charge in [0.15, 0.2) is 8.32 Å². The predicted octanol–water partition coefficient (Wildman–Crippen LogP) is 5.63. The molecule has 1 aromatic carbocycles. The van der Waals surface area contributed by atoms with Crippen LogP contribution in [0.25, 0.3) is 0 Å². The summed E-state index contributed by atoms with van der Waals surface area (Å²) < 4.78 is 11.1. The summed E-state index contributed by atoms with van der Waals surface area (Å²) in [5.41, 5.74) is 0.714. The van der Waals surface area contributed by atoms with Gasteiger partial charge in [0, 0.05) is 17.4 Å². The van der Waals surface area contributed by atoms with Crippen molar-refractivity contribution >= 4 is 31.2 Å². The highest BCUT2D eigenvalue weighted by Crippen LogP contribution is 2.38. The van der Waals surface area contributed by atoms with Crippen molar-refractivity contribution in [1.82, 2.24) is 0 Å². The van der Waals surface area contributed by atoms with Crippen molar-refractivity contribution in [2.75, 3.05) is 12.9 Å². The summed E-state index contributed by atoms with van der Waals surface area (Å²) in [6.07, 6.45) is 7.38. The standard InChI is InChI=1S/C22H32O4SSi/c1-22(2,3)28(5,6)26-19(14-10-11-15-20(23)25-4)16-17-27-21(24)18-12-8-7-9-13-18/h7-15,19H,16-17H2,1-6H3/b14-10+,15-11+. The van der Waals surface area contributed by atoms with Crippen LogP contribution in [0.2, 0.25) is 18.1 Å². The number of ether oxygens (including phenoxy) is 1. The first-order valence-corrected chi connectivity index (χ1v) is 13.3. The lowest BCUT2D eigenvalue weighted by Crippen LogP contribution is -2.43. The number of methoxy groups -OCH3 is 1. The summed E-state index contributed by atoms with van der Waals surface area (Å²) in [6, 6.07) is 9.30. The molecule has 0 radical (unpaired) electrons. The van der Waals surface area contributed by atoms with Crippen LogP contribution in [-0.4, -0.2) is 38.4 Å². The number of hydrogen-bond donors (Lipinski definition) is 0. The fourth-order valence-corrected chi connectivity index (χ4v) is 4.21. The number of carbonyl (C=O) groups excluding carboxylic acids is 2. The highest BCUT2D eigenvalue weighted by molar-refractivity contribution is 8.14. The van der Waals surface area contributed by atoms with Gasteiger partial charge in [-0.2, -0.15) is 0 Å². The minimum atomic E-state index is -1.96. The second kappa shape index (κ2) is 11.4. The molecule has 1 aromatic rings. The lowest BCUT2D eigenvalue weighted by atomic mass is 10.2. The first-order chi connectivity index (χ1) is 13.1. The van der Waals surface area contributed by atoms with Crippen LogP contribution < -0.4 is 0 Å². The monoisotopic (exact) mass is 420 g/mol. The normalized spacial score (nSPS) is 13.8. The molecule has 0 fully saturated rings. The van der Waals surface area contributed by atoms with Crippen molar-refractivity contribution in [1.29, 1.82) is 0 Å². The van der Waals surface area contributed by atoms with E-state index in [-0.39, 0.29) is 16.3 Å². The molecule has 0 aliphatic rings. The highest BCUT2D eigenvalue weighted by atomic mass is 32.2. The minimum absolute atomic E-state index is 0.0706. The molecule has 28 heavy (non-hydrogen) atoms. The molecule has 0 amide bonds. The summed E-state index contributed by atoms with van der Waals surface area (Å²) in [5, 5.41) is 0.162. The largest absolute Gasteiger partial charge is 0.466 e. The molecule has 0 saturated carbocycles. The summed E-state index contributed by atoms with van der Waals surface area (Å²) in [5.74, 6) is 0.272. The number of allylic oxidation sites excluding steroid dienone is 2. The van der Waals surface area contributed by atoms with Gasteiger partial charge >= 0.3 is 5.97 Å². The number of rotatable bonds is 9. The van der Waals surface area contributed by atoms with E-state index in [4.69, 9.17) is 4.43 Å². The highest BCUT2D eigenvalue weighted by Gasteiger charge is 2.38. The van der Waals surface area contributed by atoms with E-state index in [1.165, 1.54) is 24.9 Å². The molecular formula is C22H32O4SSi. The van der Waals surface area contributed by atoms with Gasteiger partial charge in [0.05, 0.1) is 13.2 Å². The lowest BCUT2D eigenvalue weighted by Gasteiger charge is -2.38. The second-order valence-corrected chi connectivity index (χ2v) is 13.8. The van der Waals surface area contributed by atoms with Crippen LogP contribution in [0.15, 0.2) is 54.6 Å². The van der Waals surface area contributed by atoms with Crippen LogP contribution in [0.5, 0.6) is 0 Å². The van der Waals surface area contributed by atoms with Crippen LogP contribution in [0.1, 0.15) is 37.6 Å². The number of thioether (sulfide) groups is 1. The Morgan fingerprint density at radius 3 is 2.36 bits per heavy atom. The van der Waals surface area contributed by atoms with Gasteiger partial charge in [0.1, 0.15) is 0 Å². The predicted molar refractivity (Wildman–Crippen MR) is 120 cm³/mol. The zero-order chi connectivity index (χ0) is 21.2. The van der Waals surface area contributed by atoms with E-state index < -0.39 is 14.3 Å². The van der Waals surface area contributed by atoms with Gasteiger partial charge in [0.25, 0.3) is 0 Å². The SMILES string of the molecule is COC(=O)/C=C/C=C/C(CCSC(=O)c1ccccc1)O[Si](C)(C)C(C)(C)C. The lowest BCUT2D eigenvalue weighted by molar-refractivity contribution is -0.134. The molecule has 1 unspecified atom stereocenters. The van der Waals surface area contributed by atoms with Gasteiger partial charge in [-0.25, -0.2) is 4.79 Å². The van der Waals surface area contributed by atoms with Crippen LogP contribution in [0, 0.1) is 0 Å². The molecule has 0 N–H and O–H groups in total. The van der Waals surface area contributed by atoms with Crippen LogP contribution >= 0.6 is 11.8 Å². The molecule has 0 saturated heterocycles. The van der Waals surface area contributed by atoms with Crippen LogP contribution in [0.4, 0.5) is 0 Å². The molecule has 0 heterocycles. The molecule has 0 aliphatic heterocycles. The fraction of sp³-hybridized carbons (Fsp3) is 0.455. The average molecular weight is 421 g/mol. The van der Waals surface area contributed by atoms with Gasteiger partial charge in [-0.15, -0.1) is 0 Å². The molecule has 6 heteroatoms. The molecule has 154 valence electrons. The third-order valence-electron chi connectivity index (χ3n) is 4.77. The van der Waals surface area contributed by atoms with Gasteiger partial charge < -0.3 is 9.16 Å². The molecule has 0 bridgehead atoms. The van der Waals surface area contributed by atoms with Gasteiger partial charge in [-0.1, -0.05) is 81.1 Å². The topological polar surface area (TPSA) is 52.6 Å². The Kier molecular flexibility index (Phi) is 9.93. The number of carbonyl (C=O) groups is 2. The molecule has 0 aromatic heterocycles. The molecule has 1 rings (SSSR count). The molecule has 0 spiro atoms. The van der Waals surface area contributed by atoms with E-state index >= 15 is 0 Å². The maximum Gasteiger partial charge on any atom is 0.330 e.